The Kier molecular flexibility index (Phi) is 3.44. The van der Waals surface area contributed by atoms with Crippen LogP contribution in [0.5, 0.6) is 0 Å². The highest BCUT2D eigenvalue weighted by Gasteiger charge is 2.67. The minimum atomic E-state index is -0.852. The lowest BCUT2D eigenvalue weighted by Gasteiger charge is -2.22. The molecule has 0 aliphatic carbocycles. The minimum Gasteiger partial charge on any atom is -0.466 e. The van der Waals surface area contributed by atoms with E-state index in [1.807, 2.05) is 6.08 Å². The third kappa shape index (κ3) is 2.03. The Bertz CT molecular complexity index is 767. The standard InChI is InChI=1S/C17H15ClFNO4/c1-2-23-16(22)13-12-5-6-17(24-12)8-20(15(21)14(13)17)9-3-4-10(18)11(19)7-9/h3-7,12-14H,2,8H2,1H3/t12-,13?,14+,17-/m1/s1. The highest BCUT2D eigenvalue weighted by Crippen LogP contribution is 2.53. The van der Waals surface area contributed by atoms with Crippen molar-refractivity contribution in [1.82, 2.24) is 0 Å². The molecule has 7 heteroatoms. The zero-order chi connectivity index (χ0) is 17.1. The average molecular weight is 352 g/mol. The fourth-order valence-corrected chi connectivity index (χ4v) is 3.99. The molecule has 1 aromatic rings. The van der Waals surface area contributed by atoms with Crippen molar-refractivity contribution in [3.63, 3.8) is 0 Å². The van der Waals surface area contributed by atoms with Crippen molar-refractivity contribution in [2.24, 2.45) is 11.8 Å². The molecule has 2 fully saturated rings. The van der Waals surface area contributed by atoms with E-state index in [4.69, 9.17) is 21.1 Å². The van der Waals surface area contributed by atoms with Gasteiger partial charge in [-0.05, 0) is 25.1 Å². The molecule has 3 aliphatic heterocycles. The van der Waals surface area contributed by atoms with Gasteiger partial charge in [0.15, 0.2) is 0 Å². The summed E-state index contributed by atoms with van der Waals surface area (Å²) in [5, 5.41) is -0.00905. The Hall–Kier alpha value is -1.92. The van der Waals surface area contributed by atoms with E-state index in [9.17, 15) is 14.0 Å². The number of ether oxygens (including phenoxy) is 2. The molecule has 2 saturated heterocycles. The van der Waals surface area contributed by atoms with E-state index >= 15 is 0 Å². The van der Waals surface area contributed by atoms with Crippen LogP contribution in [0.3, 0.4) is 0 Å². The van der Waals surface area contributed by atoms with Gasteiger partial charge in [0.25, 0.3) is 0 Å². The summed E-state index contributed by atoms with van der Waals surface area (Å²) in [6.45, 7) is 2.20. The highest BCUT2D eigenvalue weighted by molar-refractivity contribution is 6.30. The number of fused-ring (bicyclic) bond motifs is 1. The second-order valence-electron chi connectivity index (χ2n) is 6.17. The maximum absolute atomic E-state index is 13.8. The topological polar surface area (TPSA) is 55.8 Å². The third-order valence-corrected chi connectivity index (χ3v) is 5.18. The predicted octanol–water partition coefficient (Wildman–Crippen LogP) is 2.33. The molecule has 4 rings (SSSR count). The Morgan fingerprint density at radius 2 is 2.33 bits per heavy atom. The molecule has 5 nitrogen and oxygen atoms in total. The van der Waals surface area contributed by atoms with Crippen LogP contribution in [0.1, 0.15) is 6.92 Å². The summed E-state index contributed by atoms with van der Waals surface area (Å²) in [6.07, 6.45) is 3.20. The number of nitrogens with zero attached hydrogens (tertiary/aromatic N) is 1. The van der Waals surface area contributed by atoms with E-state index in [0.717, 1.165) is 0 Å². The van der Waals surface area contributed by atoms with Crippen LogP contribution in [0.25, 0.3) is 0 Å². The number of amides is 1. The number of esters is 1. The number of halogens is 2. The number of carbonyl (C=O) groups is 2. The number of hydrogen-bond acceptors (Lipinski definition) is 4. The van der Waals surface area contributed by atoms with Gasteiger partial charge in [-0.15, -0.1) is 0 Å². The van der Waals surface area contributed by atoms with Crippen molar-refractivity contribution >= 4 is 29.2 Å². The Labute approximate surface area is 143 Å². The number of hydrogen-bond donors (Lipinski definition) is 0. The van der Waals surface area contributed by atoms with Crippen LogP contribution in [0.4, 0.5) is 10.1 Å². The molecule has 0 radical (unpaired) electrons. The molecule has 0 aromatic heterocycles. The molecule has 3 aliphatic rings. The van der Waals surface area contributed by atoms with Gasteiger partial charge in [-0.1, -0.05) is 23.8 Å². The summed E-state index contributed by atoms with van der Waals surface area (Å²) >= 11 is 5.70. The van der Waals surface area contributed by atoms with Gasteiger partial charge in [0.1, 0.15) is 17.3 Å². The van der Waals surface area contributed by atoms with Crippen LogP contribution < -0.4 is 4.90 Å². The van der Waals surface area contributed by atoms with Crippen LogP contribution in [0.2, 0.25) is 5.02 Å². The van der Waals surface area contributed by atoms with E-state index < -0.39 is 35.3 Å². The fourth-order valence-electron chi connectivity index (χ4n) is 3.88. The lowest BCUT2D eigenvalue weighted by Crippen LogP contribution is -2.40. The van der Waals surface area contributed by atoms with Crippen molar-refractivity contribution in [2.75, 3.05) is 18.1 Å². The summed E-state index contributed by atoms with van der Waals surface area (Å²) < 4.78 is 24.8. The Morgan fingerprint density at radius 3 is 3.04 bits per heavy atom. The first-order valence-corrected chi connectivity index (χ1v) is 8.15. The largest absolute Gasteiger partial charge is 0.466 e. The van der Waals surface area contributed by atoms with Gasteiger partial charge in [0, 0.05) is 5.69 Å². The van der Waals surface area contributed by atoms with Gasteiger partial charge in [-0.2, -0.15) is 0 Å². The van der Waals surface area contributed by atoms with Crippen LogP contribution in [0, 0.1) is 17.7 Å². The SMILES string of the molecule is CCOC(=O)C1[C@H]2C(=O)N(c3ccc(Cl)c(F)c3)C[C@]23C=C[C@H]1O3. The van der Waals surface area contributed by atoms with Crippen LogP contribution in [-0.2, 0) is 19.1 Å². The van der Waals surface area contributed by atoms with Crippen LogP contribution >= 0.6 is 11.6 Å². The van der Waals surface area contributed by atoms with E-state index in [2.05, 4.69) is 0 Å². The molecule has 3 heterocycles. The second-order valence-corrected chi connectivity index (χ2v) is 6.58. The van der Waals surface area contributed by atoms with E-state index in [0.29, 0.717) is 5.69 Å². The summed E-state index contributed by atoms with van der Waals surface area (Å²) in [6, 6.07) is 4.20. The molecule has 4 atom stereocenters. The molecular formula is C17H15ClFNO4. The monoisotopic (exact) mass is 351 g/mol. The molecule has 24 heavy (non-hydrogen) atoms. The maximum atomic E-state index is 13.8. The van der Waals surface area contributed by atoms with Gasteiger partial charge < -0.3 is 14.4 Å². The molecule has 0 N–H and O–H groups in total. The zero-order valence-corrected chi connectivity index (χ0v) is 13.6. The zero-order valence-electron chi connectivity index (χ0n) is 12.9. The fraction of sp³-hybridized carbons (Fsp3) is 0.412. The van der Waals surface area contributed by atoms with Crippen molar-refractivity contribution in [3.8, 4) is 0 Å². The summed E-state index contributed by atoms with van der Waals surface area (Å²) in [5.74, 6) is -2.60. The second kappa shape index (κ2) is 5.29. The number of rotatable bonds is 3. The molecule has 0 saturated carbocycles. The Balaban J connectivity index is 1.69. The van der Waals surface area contributed by atoms with Crippen LogP contribution in [-0.4, -0.2) is 36.7 Å². The lowest BCUT2D eigenvalue weighted by molar-refractivity contribution is -0.151. The summed E-state index contributed by atoms with van der Waals surface area (Å²) in [4.78, 5) is 26.7. The molecule has 1 amide bonds. The lowest BCUT2D eigenvalue weighted by atomic mass is 9.77. The normalized spacial score (nSPS) is 33.2. The Morgan fingerprint density at radius 1 is 1.54 bits per heavy atom. The van der Waals surface area contributed by atoms with E-state index in [-0.39, 0.29) is 24.1 Å². The summed E-state index contributed by atoms with van der Waals surface area (Å²) in [7, 11) is 0. The smallest absolute Gasteiger partial charge is 0.312 e. The minimum absolute atomic E-state index is 0.00905. The van der Waals surface area contributed by atoms with Crippen molar-refractivity contribution in [3.05, 3.63) is 41.2 Å². The first-order chi connectivity index (χ1) is 11.5. The summed E-state index contributed by atoms with van der Waals surface area (Å²) in [5.41, 5.74) is -0.455. The van der Waals surface area contributed by atoms with Gasteiger partial charge in [0.2, 0.25) is 5.91 Å². The van der Waals surface area contributed by atoms with Gasteiger partial charge >= 0.3 is 5.97 Å². The molecule has 1 unspecified atom stereocenters. The third-order valence-electron chi connectivity index (χ3n) is 4.87. The number of anilines is 1. The van der Waals surface area contributed by atoms with E-state index in [1.54, 1.807) is 19.1 Å². The highest BCUT2D eigenvalue weighted by atomic mass is 35.5. The molecule has 2 bridgehead atoms. The number of carbonyl (C=O) groups excluding carboxylic acids is 2. The van der Waals surface area contributed by atoms with Crippen molar-refractivity contribution < 1.29 is 23.5 Å². The predicted molar refractivity (Wildman–Crippen MR) is 84.1 cm³/mol. The molecule has 1 aromatic carbocycles. The van der Waals surface area contributed by atoms with Crippen molar-refractivity contribution in [1.29, 1.82) is 0 Å². The van der Waals surface area contributed by atoms with Gasteiger partial charge in [-0.25, -0.2) is 4.39 Å². The molecule has 1 spiro atoms. The number of benzene rings is 1. The molecular weight excluding hydrogens is 337 g/mol. The van der Waals surface area contributed by atoms with Crippen LogP contribution in [0.15, 0.2) is 30.4 Å². The quantitative estimate of drug-likeness (QED) is 0.619. The maximum Gasteiger partial charge on any atom is 0.312 e. The average Bonchev–Trinajstić information content (AvgIpc) is 3.19. The van der Waals surface area contributed by atoms with Gasteiger partial charge in [0.05, 0.1) is 30.2 Å². The first kappa shape index (κ1) is 15.6. The molecule has 126 valence electrons. The van der Waals surface area contributed by atoms with Crippen molar-refractivity contribution in [2.45, 2.75) is 18.6 Å². The first-order valence-electron chi connectivity index (χ1n) is 7.77. The van der Waals surface area contributed by atoms with Gasteiger partial charge in [-0.3, -0.25) is 9.59 Å². The van der Waals surface area contributed by atoms with E-state index in [1.165, 1.54) is 17.0 Å².